The van der Waals surface area contributed by atoms with Crippen molar-refractivity contribution in [3.05, 3.63) is 39.8 Å². The third-order valence-electron chi connectivity index (χ3n) is 2.65. The van der Waals surface area contributed by atoms with Gasteiger partial charge < -0.3 is 5.11 Å². The van der Waals surface area contributed by atoms with Crippen LogP contribution in [0.2, 0.25) is 0 Å². The third kappa shape index (κ3) is 2.33. The zero-order valence-corrected chi connectivity index (χ0v) is 10.4. The molecule has 2 heterocycles. The predicted molar refractivity (Wildman–Crippen MR) is 65.6 cm³/mol. The molecule has 0 aliphatic heterocycles. The minimum atomic E-state index is -0.404. The summed E-state index contributed by atoms with van der Waals surface area (Å²) in [5, 5.41) is 16.3. The number of aliphatic hydroxyl groups is 1. The van der Waals surface area contributed by atoms with E-state index in [9.17, 15) is 5.11 Å². The van der Waals surface area contributed by atoms with Gasteiger partial charge in [0.1, 0.15) is 0 Å². The Bertz CT molecular complexity index is 461. The molecule has 2 aromatic heterocycles. The monoisotopic (exact) mass is 236 g/mol. The molecule has 1 atom stereocenters. The van der Waals surface area contributed by atoms with Crippen molar-refractivity contribution in [2.24, 2.45) is 7.05 Å². The molecule has 0 radical (unpaired) electrons. The fraction of sp³-hybridized carbons (Fsp3) is 0.417. The second-order valence-corrected chi connectivity index (χ2v) is 4.85. The number of aliphatic hydroxyl groups excluding tert-OH is 1. The Hall–Kier alpha value is -1.13. The lowest BCUT2D eigenvalue weighted by Gasteiger charge is -2.09. The molecule has 0 spiro atoms. The van der Waals surface area contributed by atoms with Gasteiger partial charge in [0.2, 0.25) is 0 Å². The van der Waals surface area contributed by atoms with Gasteiger partial charge in [0.25, 0.3) is 0 Å². The number of aryl methyl sites for hydroxylation is 2. The Morgan fingerprint density at radius 3 is 3.00 bits per heavy atom. The fourth-order valence-electron chi connectivity index (χ4n) is 1.83. The first-order valence-corrected chi connectivity index (χ1v) is 6.30. The summed E-state index contributed by atoms with van der Waals surface area (Å²) >= 11 is 1.63. The van der Waals surface area contributed by atoms with Crippen LogP contribution in [0.1, 0.15) is 29.0 Å². The van der Waals surface area contributed by atoms with E-state index in [2.05, 4.69) is 18.1 Å². The maximum absolute atomic E-state index is 10.2. The van der Waals surface area contributed by atoms with Crippen molar-refractivity contribution in [3.63, 3.8) is 0 Å². The standard InChI is InChI=1S/C12H16N2OS/c1-3-10-4-5-16-12(10)11(15)6-9-7-13-14(2)8-9/h4-5,7-8,11,15H,3,6H2,1-2H3. The van der Waals surface area contributed by atoms with Crippen LogP contribution in [0.5, 0.6) is 0 Å². The van der Waals surface area contributed by atoms with Crippen molar-refractivity contribution in [2.45, 2.75) is 25.9 Å². The molecule has 0 aliphatic carbocycles. The zero-order chi connectivity index (χ0) is 11.5. The molecule has 3 nitrogen and oxygen atoms in total. The molecule has 0 bridgehead atoms. The Balaban J connectivity index is 2.11. The topological polar surface area (TPSA) is 38.1 Å². The molecule has 0 aliphatic rings. The van der Waals surface area contributed by atoms with Crippen LogP contribution in [0, 0.1) is 0 Å². The molecular weight excluding hydrogens is 220 g/mol. The van der Waals surface area contributed by atoms with Crippen LogP contribution in [0.3, 0.4) is 0 Å². The van der Waals surface area contributed by atoms with Crippen molar-refractivity contribution >= 4 is 11.3 Å². The third-order valence-corrected chi connectivity index (χ3v) is 3.71. The average Bonchev–Trinajstić information content (AvgIpc) is 2.86. The first-order valence-electron chi connectivity index (χ1n) is 5.42. The number of rotatable bonds is 4. The molecule has 0 saturated carbocycles. The highest BCUT2D eigenvalue weighted by Gasteiger charge is 2.14. The van der Waals surface area contributed by atoms with Gasteiger partial charge in [0, 0.05) is 24.5 Å². The van der Waals surface area contributed by atoms with Gasteiger partial charge in [-0.05, 0) is 29.0 Å². The van der Waals surface area contributed by atoms with Gasteiger partial charge >= 0.3 is 0 Å². The largest absolute Gasteiger partial charge is 0.387 e. The van der Waals surface area contributed by atoms with Gasteiger partial charge in [-0.2, -0.15) is 5.10 Å². The Morgan fingerprint density at radius 1 is 1.56 bits per heavy atom. The molecule has 4 heteroatoms. The van der Waals surface area contributed by atoms with Gasteiger partial charge in [-0.1, -0.05) is 6.92 Å². The molecule has 0 fully saturated rings. The van der Waals surface area contributed by atoms with E-state index in [-0.39, 0.29) is 0 Å². The highest BCUT2D eigenvalue weighted by Crippen LogP contribution is 2.27. The van der Waals surface area contributed by atoms with E-state index in [1.807, 2.05) is 24.8 Å². The van der Waals surface area contributed by atoms with Gasteiger partial charge in [-0.25, -0.2) is 0 Å². The van der Waals surface area contributed by atoms with Crippen LogP contribution >= 0.6 is 11.3 Å². The molecule has 1 N–H and O–H groups in total. The Kier molecular flexibility index (Phi) is 3.41. The SMILES string of the molecule is CCc1ccsc1C(O)Cc1cnn(C)c1. The number of thiophene rings is 1. The summed E-state index contributed by atoms with van der Waals surface area (Å²) < 4.78 is 1.76. The minimum Gasteiger partial charge on any atom is -0.387 e. The average molecular weight is 236 g/mol. The van der Waals surface area contributed by atoms with Gasteiger partial charge in [0.05, 0.1) is 12.3 Å². The number of hydrogen-bond donors (Lipinski definition) is 1. The summed E-state index contributed by atoms with van der Waals surface area (Å²) in [6, 6.07) is 2.09. The van der Waals surface area contributed by atoms with Crippen LogP contribution < -0.4 is 0 Å². The molecule has 2 rings (SSSR count). The fourth-order valence-corrected chi connectivity index (χ4v) is 2.81. The van der Waals surface area contributed by atoms with Gasteiger partial charge in [-0.3, -0.25) is 4.68 Å². The number of nitrogens with zero attached hydrogens (tertiary/aromatic N) is 2. The lowest BCUT2D eigenvalue weighted by Crippen LogP contribution is -2.01. The molecular formula is C12H16N2OS. The lowest BCUT2D eigenvalue weighted by atomic mass is 10.1. The molecule has 0 amide bonds. The first kappa shape index (κ1) is 11.4. The lowest BCUT2D eigenvalue weighted by molar-refractivity contribution is 0.181. The van der Waals surface area contributed by atoms with E-state index in [1.165, 1.54) is 5.56 Å². The summed E-state index contributed by atoms with van der Waals surface area (Å²) in [7, 11) is 1.89. The van der Waals surface area contributed by atoms with Gasteiger partial charge in [0.15, 0.2) is 0 Å². The van der Waals surface area contributed by atoms with E-state index >= 15 is 0 Å². The van der Waals surface area contributed by atoms with E-state index in [1.54, 1.807) is 16.0 Å². The molecule has 0 aromatic carbocycles. The highest BCUT2D eigenvalue weighted by molar-refractivity contribution is 7.10. The van der Waals surface area contributed by atoms with Crippen LogP contribution in [0.15, 0.2) is 23.8 Å². The van der Waals surface area contributed by atoms with Crippen molar-refractivity contribution < 1.29 is 5.11 Å². The molecule has 2 aromatic rings. The maximum atomic E-state index is 10.2. The van der Waals surface area contributed by atoms with Crippen molar-refractivity contribution in [2.75, 3.05) is 0 Å². The summed E-state index contributed by atoms with van der Waals surface area (Å²) in [5.74, 6) is 0. The number of hydrogen-bond acceptors (Lipinski definition) is 3. The molecule has 0 saturated heterocycles. The second-order valence-electron chi connectivity index (χ2n) is 3.91. The molecule has 16 heavy (non-hydrogen) atoms. The van der Waals surface area contributed by atoms with Crippen molar-refractivity contribution in [3.8, 4) is 0 Å². The van der Waals surface area contributed by atoms with Crippen LogP contribution in [-0.2, 0) is 19.9 Å². The summed E-state index contributed by atoms with van der Waals surface area (Å²) in [6.45, 7) is 2.11. The van der Waals surface area contributed by atoms with E-state index in [4.69, 9.17) is 0 Å². The quantitative estimate of drug-likeness (QED) is 0.884. The summed E-state index contributed by atoms with van der Waals surface area (Å²) in [5.41, 5.74) is 2.33. The highest BCUT2D eigenvalue weighted by atomic mass is 32.1. The first-order chi connectivity index (χ1) is 7.70. The van der Waals surface area contributed by atoms with Crippen LogP contribution in [0.25, 0.3) is 0 Å². The van der Waals surface area contributed by atoms with E-state index in [0.29, 0.717) is 6.42 Å². The Labute approximate surface area is 99.4 Å². The smallest absolute Gasteiger partial charge is 0.0926 e. The summed E-state index contributed by atoms with van der Waals surface area (Å²) in [4.78, 5) is 1.09. The zero-order valence-electron chi connectivity index (χ0n) is 9.55. The van der Waals surface area contributed by atoms with Crippen LogP contribution in [-0.4, -0.2) is 14.9 Å². The normalized spacial score (nSPS) is 12.9. The summed E-state index contributed by atoms with van der Waals surface area (Å²) in [6.07, 6.45) is 4.97. The number of aromatic nitrogens is 2. The minimum absolute atomic E-state index is 0.404. The second kappa shape index (κ2) is 4.80. The van der Waals surface area contributed by atoms with E-state index in [0.717, 1.165) is 16.9 Å². The Morgan fingerprint density at radius 2 is 2.38 bits per heavy atom. The van der Waals surface area contributed by atoms with Crippen LogP contribution in [0.4, 0.5) is 0 Å². The molecule has 1 unspecified atom stereocenters. The van der Waals surface area contributed by atoms with Crippen molar-refractivity contribution in [1.82, 2.24) is 9.78 Å². The van der Waals surface area contributed by atoms with Crippen molar-refractivity contribution in [1.29, 1.82) is 0 Å². The predicted octanol–water partition coefficient (Wildman–Crippen LogP) is 2.32. The maximum Gasteiger partial charge on any atom is 0.0926 e. The molecule has 86 valence electrons. The van der Waals surface area contributed by atoms with Gasteiger partial charge in [-0.15, -0.1) is 11.3 Å². The van der Waals surface area contributed by atoms with E-state index < -0.39 is 6.10 Å².